The van der Waals surface area contributed by atoms with Crippen LogP contribution in [0.5, 0.6) is 0 Å². The average Bonchev–Trinajstić information content (AvgIpc) is 3.25. The number of hydrogen-bond acceptors (Lipinski definition) is 3. The number of benzene rings is 2. The van der Waals surface area contributed by atoms with Gasteiger partial charge in [-0.25, -0.2) is 4.39 Å². The highest BCUT2D eigenvalue weighted by Crippen LogP contribution is 2.27. The van der Waals surface area contributed by atoms with Gasteiger partial charge in [0, 0.05) is 24.3 Å². The Labute approximate surface area is 174 Å². The zero-order valence-electron chi connectivity index (χ0n) is 17.0. The molecule has 2 amide bonds. The number of rotatable bonds is 5. The first-order valence-electron chi connectivity index (χ1n) is 9.93. The summed E-state index contributed by atoms with van der Waals surface area (Å²) in [6, 6.07) is 14.3. The molecule has 0 atom stereocenters. The first kappa shape index (κ1) is 19.8. The first-order chi connectivity index (χ1) is 14.4. The lowest BCUT2D eigenvalue weighted by Gasteiger charge is -2.17. The molecule has 1 aliphatic rings. The summed E-state index contributed by atoms with van der Waals surface area (Å²) in [5, 5.41) is 7.25. The zero-order valence-corrected chi connectivity index (χ0v) is 17.0. The summed E-state index contributed by atoms with van der Waals surface area (Å²) in [5.41, 5.74) is 3.50. The average molecular weight is 406 g/mol. The smallest absolute Gasteiger partial charge is 0.259 e. The van der Waals surface area contributed by atoms with E-state index < -0.39 is 5.82 Å². The molecule has 0 bridgehead atoms. The molecular weight excluding hydrogens is 383 g/mol. The van der Waals surface area contributed by atoms with E-state index in [1.165, 1.54) is 17.0 Å². The Hall–Kier alpha value is -3.48. The van der Waals surface area contributed by atoms with Gasteiger partial charge in [0.2, 0.25) is 5.91 Å². The summed E-state index contributed by atoms with van der Waals surface area (Å²) in [4.78, 5) is 26.2. The second-order valence-electron chi connectivity index (χ2n) is 7.46. The SMILES string of the molecule is Cc1nn(Cc2ccccc2)c(C)c1C(=O)Nc1ccc(N2CCCC2=O)c(F)c1. The molecule has 1 saturated heterocycles. The molecule has 1 N–H and O–H groups in total. The van der Waals surface area contributed by atoms with Crippen LogP contribution in [0.2, 0.25) is 0 Å². The maximum absolute atomic E-state index is 14.6. The van der Waals surface area contributed by atoms with Gasteiger partial charge in [0.15, 0.2) is 0 Å². The van der Waals surface area contributed by atoms with Gasteiger partial charge in [-0.05, 0) is 44.0 Å². The van der Waals surface area contributed by atoms with Crippen LogP contribution in [0.4, 0.5) is 15.8 Å². The van der Waals surface area contributed by atoms with Gasteiger partial charge < -0.3 is 10.2 Å². The van der Waals surface area contributed by atoms with Crippen molar-refractivity contribution in [3.8, 4) is 0 Å². The van der Waals surface area contributed by atoms with E-state index in [4.69, 9.17) is 0 Å². The van der Waals surface area contributed by atoms with E-state index in [9.17, 15) is 14.0 Å². The van der Waals surface area contributed by atoms with Gasteiger partial charge in [-0.1, -0.05) is 30.3 Å². The number of amides is 2. The molecule has 30 heavy (non-hydrogen) atoms. The van der Waals surface area contributed by atoms with Gasteiger partial charge in [0.25, 0.3) is 5.91 Å². The Kier molecular flexibility index (Phi) is 5.35. The summed E-state index contributed by atoms with van der Waals surface area (Å²) in [6.45, 7) is 4.71. The van der Waals surface area contributed by atoms with Crippen molar-refractivity contribution < 1.29 is 14.0 Å². The highest BCUT2D eigenvalue weighted by atomic mass is 19.1. The molecule has 2 aromatic carbocycles. The molecule has 6 nitrogen and oxygen atoms in total. The van der Waals surface area contributed by atoms with Gasteiger partial charge in [0.1, 0.15) is 5.82 Å². The van der Waals surface area contributed by atoms with Crippen LogP contribution in [0.15, 0.2) is 48.5 Å². The monoisotopic (exact) mass is 406 g/mol. The number of nitrogens with zero attached hydrogens (tertiary/aromatic N) is 3. The normalized spacial score (nSPS) is 13.7. The van der Waals surface area contributed by atoms with Crippen LogP contribution in [-0.4, -0.2) is 28.1 Å². The third-order valence-corrected chi connectivity index (χ3v) is 5.35. The van der Waals surface area contributed by atoms with Crippen molar-refractivity contribution in [1.29, 1.82) is 0 Å². The highest BCUT2D eigenvalue weighted by molar-refractivity contribution is 6.06. The summed E-state index contributed by atoms with van der Waals surface area (Å²) >= 11 is 0. The molecule has 0 unspecified atom stereocenters. The lowest BCUT2D eigenvalue weighted by molar-refractivity contribution is -0.117. The van der Waals surface area contributed by atoms with Crippen LogP contribution in [0.25, 0.3) is 0 Å². The predicted molar refractivity (Wildman–Crippen MR) is 113 cm³/mol. The minimum Gasteiger partial charge on any atom is -0.322 e. The lowest BCUT2D eigenvalue weighted by atomic mass is 10.1. The van der Waals surface area contributed by atoms with Crippen molar-refractivity contribution >= 4 is 23.2 Å². The summed E-state index contributed by atoms with van der Waals surface area (Å²) in [6.07, 6.45) is 1.16. The molecule has 154 valence electrons. The maximum atomic E-state index is 14.6. The molecule has 2 heterocycles. The molecule has 7 heteroatoms. The van der Waals surface area contributed by atoms with Crippen molar-refractivity contribution in [2.24, 2.45) is 0 Å². The van der Waals surface area contributed by atoms with Crippen LogP contribution in [0.3, 0.4) is 0 Å². The highest BCUT2D eigenvalue weighted by Gasteiger charge is 2.25. The second kappa shape index (κ2) is 8.10. The molecule has 0 radical (unpaired) electrons. The fourth-order valence-corrected chi connectivity index (χ4v) is 3.84. The lowest BCUT2D eigenvalue weighted by Crippen LogP contribution is -2.24. The number of aryl methyl sites for hydroxylation is 1. The minimum absolute atomic E-state index is 0.0808. The van der Waals surface area contributed by atoms with Crippen molar-refractivity contribution in [2.75, 3.05) is 16.8 Å². The van der Waals surface area contributed by atoms with Gasteiger partial charge in [-0.2, -0.15) is 5.10 Å². The van der Waals surface area contributed by atoms with E-state index in [0.717, 1.165) is 17.7 Å². The number of carbonyl (C=O) groups excluding carboxylic acids is 2. The standard InChI is InChI=1S/C23H23FN4O2/c1-15-22(16(2)28(26-15)14-17-7-4-3-5-8-17)23(30)25-18-10-11-20(19(24)13-18)27-12-6-9-21(27)29/h3-5,7-8,10-11,13H,6,9,12,14H2,1-2H3,(H,25,30). The van der Waals surface area contributed by atoms with Crippen LogP contribution in [0, 0.1) is 19.7 Å². The number of anilines is 2. The molecule has 0 saturated carbocycles. The van der Waals surface area contributed by atoms with E-state index in [1.807, 2.05) is 37.3 Å². The Balaban J connectivity index is 1.53. The second-order valence-corrected chi connectivity index (χ2v) is 7.46. The Morgan fingerprint density at radius 3 is 2.60 bits per heavy atom. The quantitative estimate of drug-likeness (QED) is 0.695. The number of hydrogen-bond donors (Lipinski definition) is 1. The third-order valence-electron chi connectivity index (χ3n) is 5.35. The van der Waals surface area contributed by atoms with Gasteiger partial charge >= 0.3 is 0 Å². The number of halogens is 1. The van der Waals surface area contributed by atoms with Gasteiger partial charge in [-0.15, -0.1) is 0 Å². The minimum atomic E-state index is -0.531. The largest absolute Gasteiger partial charge is 0.322 e. The molecule has 0 spiro atoms. The van der Waals surface area contributed by atoms with Crippen LogP contribution >= 0.6 is 0 Å². The van der Waals surface area contributed by atoms with Crippen LogP contribution < -0.4 is 10.2 Å². The summed E-state index contributed by atoms with van der Waals surface area (Å²) < 4.78 is 16.4. The Bertz CT molecular complexity index is 1110. The topological polar surface area (TPSA) is 67.2 Å². The Morgan fingerprint density at radius 2 is 1.93 bits per heavy atom. The van der Waals surface area contributed by atoms with Crippen molar-refractivity contribution in [3.05, 3.63) is 76.9 Å². The van der Waals surface area contributed by atoms with Gasteiger partial charge in [-0.3, -0.25) is 14.3 Å². The maximum Gasteiger partial charge on any atom is 0.259 e. The van der Waals surface area contributed by atoms with Crippen LogP contribution in [0.1, 0.15) is 40.2 Å². The van der Waals surface area contributed by atoms with E-state index in [-0.39, 0.29) is 17.5 Å². The number of nitrogens with one attached hydrogen (secondary N) is 1. The number of carbonyl (C=O) groups is 2. The van der Waals surface area contributed by atoms with E-state index in [1.54, 1.807) is 17.7 Å². The fraction of sp³-hybridized carbons (Fsp3) is 0.261. The summed E-state index contributed by atoms with van der Waals surface area (Å²) in [5.74, 6) is -0.951. The molecule has 1 fully saturated rings. The fourth-order valence-electron chi connectivity index (χ4n) is 3.84. The molecule has 0 aliphatic carbocycles. The molecule has 4 rings (SSSR count). The molecular formula is C23H23FN4O2. The van der Waals surface area contributed by atoms with E-state index in [0.29, 0.717) is 36.5 Å². The molecule has 1 aromatic heterocycles. The Morgan fingerprint density at radius 1 is 1.17 bits per heavy atom. The summed E-state index contributed by atoms with van der Waals surface area (Å²) in [7, 11) is 0. The van der Waals surface area contributed by atoms with Crippen molar-refractivity contribution in [2.45, 2.75) is 33.2 Å². The predicted octanol–water partition coefficient (Wildman–Crippen LogP) is 4.07. The molecule has 3 aromatic rings. The zero-order chi connectivity index (χ0) is 21.3. The van der Waals surface area contributed by atoms with E-state index >= 15 is 0 Å². The van der Waals surface area contributed by atoms with Gasteiger partial charge in [0.05, 0.1) is 23.5 Å². The van der Waals surface area contributed by atoms with Crippen molar-refractivity contribution in [3.63, 3.8) is 0 Å². The number of aromatic nitrogens is 2. The van der Waals surface area contributed by atoms with E-state index in [2.05, 4.69) is 10.4 Å². The first-order valence-corrected chi connectivity index (χ1v) is 9.93. The van der Waals surface area contributed by atoms with Crippen molar-refractivity contribution in [1.82, 2.24) is 9.78 Å². The van der Waals surface area contributed by atoms with Crippen LogP contribution in [-0.2, 0) is 11.3 Å². The third kappa shape index (κ3) is 3.83. The molecule has 1 aliphatic heterocycles.